The van der Waals surface area contributed by atoms with Crippen molar-refractivity contribution in [3.8, 4) is 0 Å². The van der Waals surface area contributed by atoms with Gasteiger partial charge in [0, 0.05) is 18.3 Å². The summed E-state index contributed by atoms with van der Waals surface area (Å²) in [6.45, 7) is 4.53. The lowest BCUT2D eigenvalue weighted by atomic mass is 10.2. The Morgan fingerprint density at radius 2 is 1.95 bits per heavy atom. The fourth-order valence-electron chi connectivity index (χ4n) is 1.71. The van der Waals surface area contributed by atoms with Crippen LogP contribution in [0.1, 0.15) is 12.5 Å². The van der Waals surface area contributed by atoms with E-state index in [-0.39, 0.29) is 11.8 Å². The molecule has 0 spiro atoms. The molecule has 0 saturated carbocycles. The average Bonchev–Trinajstić information content (AvgIpc) is 2.32. The summed E-state index contributed by atoms with van der Waals surface area (Å²) in [4.78, 5) is 8.15. The summed E-state index contributed by atoms with van der Waals surface area (Å²) in [7, 11) is 0. The highest BCUT2D eigenvalue weighted by Gasteiger charge is 2.05. The van der Waals surface area contributed by atoms with Crippen LogP contribution in [-0.4, -0.2) is 16.5 Å². The first-order valence-corrected chi connectivity index (χ1v) is 6.00. The molecule has 0 atom stereocenters. The van der Waals surface area contributed by atoms with Crippen molar-refractivity contribution in [1.82, 2.24) is 9.97 Å². The van der Waals surface area contributed by atoms with Crippen molar-refractivity contribution in [2.24, 2.45) is 0 Å². The number of aryl methyl sites for hydroxylation is 1. The van der Waals surface area contributed by atoms with Crippen molar-refractivity contribution in [2.75, 3.05) is 22.9 Å². The molecule has 0 radical (unpaired) electrons. The number of anilines is 4. The standard InChI is InChI=1S/C13H16FN5/c1-3-16-11-7-12(19-13(15)18-11)17-10-5-4-9(14)6-8(10)2/h4-7H,3H2,1-2H3,(H4,15,16,17,18,19). The number of nitrogen functional groups attached to an aromatic ring is 1. The number of halogens is 1. The molecule has 0 amide bonds. The van der Waals surface area contributed by atoms with Crippen LogP contribution in [0.4, 0.5) is 27.7 Å². The van der Waals surface area contributed by atoms with Crippen molar-refractivity contribution in [3.63, 3.8) is 0 Å². The SMILES string of the molecule is CCNc1cc(Nc2ccc(F)cc2C)nc(N)n1. The van der Waals surface area contributed by atoms with E-state index < -0.39 is 0 Å². The van der Waals surface area contributed by atoms with E-state index in [9.17, 15) is 4.39 Å². The monoisotopic (exact) mass is 261 g/mol. The summed E-state index contributed by atoms with van der Waals surface area (Å²) in [6.07, 6.45) is 0. The van der Waals surface area contributed by atoms with E-state index in [1.807, 2.05) is 13.8 Å². The van der Waals surface area contributed by atoms with Crippen LogP contribution in [-0.2, 0) is 0 Å². The van der Waals surface area contributed by atoms with Crippen LogP contribution >= 0.6 is 0 Å². The molecule has 1 aromatic carbocycles. The summed E-state index contributed by atoms with van der Waals surface area (Å²) < 4.78 is 13.0. The van der Waals surface area contributed by atoms with Crippen molar-refractivity contribution in [1.29, 1.82) is 0 Å². The number of hydrogen-bond acceptors (Lipinski definition) is 5. The Hall–Kier alpha value is -2.37. The van der Waals surface area contributed by atoms with Gasteiger partial charge in [-0.1, -0.05) is 0 Å². The van der Waals surface area contributed by atoms with Crippen molar-refractivity contribution >= 4 is 23.3 Å². The Morgan fingerprint density at radius 1 is 1.21 bits per heavy atom. The summed E-state index contributed by atoms with van der Waals surface area (Å²) in [5.74, 6) is 1.13. The molecule has 19 heavy (non-hydrogen) atoms. The number of nitrogens with zero attached hydrogens (tertiary/aromatic N) is 2. The van der Waals surface area contributed by atoms with Gasteiger partial charge in [-0.25, -0.2) is 4.39 Å². The molecule has 6 heteroatoms. The molecule has 0 aliphatic heterocycles. The number of rotatable bonds is 4. The van der Waals surface area contributed by atoms with Crippen molar-refractivity contribution in [2.45, 2.75) is 13.8 Å². The molecule has 0 aliphatic carbocycles. The highest BCUT2D eigenvalue weighted by molar-refractivity contribution is 5.63. The van der Waals surface area contributed by atoms with E-state index in [0.717, 1.165) is 17.8 Å². The molecular weight excluding hydrogens is 245 g/mol. The molecule has 0 fully saturated rings. The molecule has 1 heterocycles. The molecule has 4 N–H and O–H groups in total. The summed E-state index contributed by atoms with van der Waals surface area (Å²) in [5, 5.41) is 6.17. The first-order valence-electron chi connectivity index (χ1n) is 6.00. The predicted octanol–water partition coefficient (Wildman–Crippen LogP) is 2.68. The Kier molecular flexibility index (Phi) is 3.79. The fraction of sp³-hybridized carbons (Fsp3) is 0.231. The maximum atomic E-state index is 13.0. The smallest absolute Gasteiger partial charge is 0.223 e. The van der Waals surface area contributed by atoms with Crippen molar-refractivity contribution in [3.05, 3.63) is 35.6 Å². The zero-order chi connectivity index (χ0) is 13.8. The zero-order valence-electron chi connectivity index (χ0n) is 10.9. The average molecular weight is 261 g/mol. The Morgan fingerprint density at radius 3 is 2.63 bits per heavy atom. The van der Waals surface area contributed by atoms with Gasteiger partial charge in [-0.05, 0) is 37.6 Å². The van der Waals surface area contributed by atoms with Crippen LogP contribution in [0.25, 0.3) is 0 Å². The third-order valence-electron chi connectivity index (χ3n) is 2.55. The van der Waals surface area contributed by atoms with Gasteiger partial charge in [0.2, 0.25) is 5.95 Å². The molecule has 0 saturated heterocycles. The number of hydrogen-bond donors (Lipinski definition) is 3. The first-order chi connectivity index (χ1) is 9.08. The molecule has 0 bridgehead atoms. The van der Waals surface area contributed by atoms with Crippen LogP contribution < -0.4 is 16.4 Å². The molecular formula is C13H16FN5. The van der Waals surface area contributed by atoms with Crippen LogP contribution in [0.3, 0.4) is 0 Å². The Balaban J connectivity index is 2.27. The van der Waals surface area contributed by atoms with E-state index in [0.29, 0.717) is 11.6 Å². The Labute approximate surface area is 111 Å². The van der Waals surface area contributed by atoms with Crippen LogP contribution in [0.15, 0.2) is 24.3 Å². The van der Waals surface area contributed by atoms with Gasteiger partial charge >= 0.3 is 0 Å². The number of nitrogens with two attached hydrogens (primary N) is 1. The minimum absolute atomic E-state index is 0.181. The van der Waals surface area contributed by atoms with E-state index >= 15 is 0 Å². The number of aromatic nitrogens is 2. The van der Waals surface area contributed by atoms with Gasteiger partial charge in [0.25, 0.3) is 0 Å². The maximum absolute atomic E-state index is 13.0. The maximum Gasteiger partial charge on any atom is 0.223 e. The van der Waals surface area contributed by atoms with E-state index in [1.165, 1.54) is 12.1 Å². The lowest BCUT2D eigenvalue weighted by Gasteiger charge is -2.11. The van der Waals surface area contributed by atoms with Gasteiger partial charge in [-0.3, -0.25) is 0 Å². The topological polar surface area (TPSA) is 75.9 Å². The van der Waals surface area contributed by atoms with Crippen LogP contribution in [0, 0.1) is 12.7 Å². The molecule has 100 valence electrons. The van der Waals surface area contributed by atoms with E-state index in [2.05, 4.69) is 20.6 Å². The Bertz CT molecular complexity index is 585. The minimum Gasteiger partial charge on any atom is -0.370 e. The summed E-state index contributed by atoms with van der Waals surface area (Å²) in [6, 6.07) is 6.27. The quantitative estimate of drug-likeness (QED) is 0.789. The number of nitrogens with one attached hydrogen (secondary N) is 2. The minimum atomic E-state index is -0.265. The molecule has 0 aliphatic rings. The largest absolute Gasteiger partial charge is 0.370 e. The lowest BCUT2D eigenvalue weighted by Crippen LogP contribution is -2.06. The normalized spacial score (nSPS) is 10.3. The first kappa shape index (κ1) is 13.1. The molecule has 0 unspecified atom stereocenters. The number of benzene rings is 1. The van der Waals surface area contributed by atoms with Gasteiger partial charge in [0.1, 0.15) is 17.5 Å². The highest BCUT2D eigenvalue weighted by atomic mass is 19.1. The molecule has 1 aromatic heterocycles. The van der Waals surface area contributed by atoms with Gasteiger partial charge < -0.3 is 16.4 Å². The lowest BCUT2D eigenvalue weighted by molar-refractivity contribution is 0.627. The predicted molar refractivity (Wildman–Crippen MR) is 75.0 cm³/mol. The van der Waals surface area contributed by atoms with Gasteiger partial charge in [-0.15, -0.1) is 0 Å². The molecule has 5 nitrogen and oxygen atoms in total. The van der Waals surface area contributed by atoms with Crippen LogP contribution in [0.2, 0.25) is 0 Å². The third kappa shape index (κ3) is 3.31. The van der Waals surface area contributed by atoms with Gasteiger partial charge in [0.15, 0.2) is 0 Å². The summed E-state index contributed by atoms with van der Waals surface area (Å²) >= 11 is 0. The third-order valence-corrected chi connectivity index (χ3v) is 2.55. The molecule has 2 rings (SSSR count). The second kappa shape index (κ2) is 5.51. The zero-order valence-corrected chi connectivity index (χ0v) is 10.9. The second-order valence-electron chi connectivity index (χ2n) is 4.11. The highest BCUT2D eigenvalue weighted by Crippen LogP contribution is 2.21. The molecule has 2 aromatic rings. The fourth-order valence-corrected chi connectivity index (χ4v) is 1.71. The van der Waals surface area contributed by atoms with Crippen LogP contribution in [0.5, 0.6) is 0 Å². The van der Waals surface area contributed by atoms with Gasteiger partial charge in [0.05, 0.1) is 0 Å². The second-order valence-corrected chi connectivity index (χ2v) is 4.11. The van der Waals surface area contributed by atoms with Crippen molar-refractivity contribution < 1.29 is 4.39 Å². The summed E-state index contributed by atoms with van der Waals surface area (Å²) in [5.41, 5.74) is 7.22. The van der Waals surface area contributed by atoms with Gasteiger partial charge in [-0.2, -0.15) is 9.97 Å². The van der Waals surface area contributed by atoms with E-state index in [1.54, 1.807) is 12.1 Å². The van der Waals surface area contributed by atoms with E-state index in [4.69, 9.17) is 5.73 Å².